The van der Waals surface area contributed by atoms with Crippen LogP contribution in [0.1, 0.15) is 56.1 Å². The molecule has 2 aromatic heterocycles. The fraction of sp³-hybridized carbons (Fsp3) is 0.562. The minimum Gasteiger partial charge on any atom is -0.297 e. The quantitative estimate of drug-likeness (QED) is 0.866. The summed E-state index contributed by atoms with van der Waals surface area (Å²) < 4.78 is 2.81. The van der Waals surface area contributed by atoms with Gasteiger partial charge in [-0.05, 0) is 69.8 Å². The first-order valence-corrected chi connectivity index (χ1v) is 8.19. The summed E-state index contributed by atoms with van der Waals surface area (Å²) in [6, 6.07) is 2.61. The van der Waals surface area contributed by atoms with Crippen LogP contribution in [-0.4, -0.2) is 19.7 Å². The van der Waals surface area contributed by atoms with Gasteiger partial charge in [0.15, 0.2) is 10.6 Å². The molecule has 0 fully saturated rings. The first-order valence-electron chi connectivity index (χ1n) is 7.78. The highest BCUT2D eigenvalue weighted by Crippen LogP contribution is 2.29. The fourth-order valence-corrected chi connectivity index (χ4v) is 3.36. The van der Waals surface area contributed by atoms with Crippen LogP contribution in [-0.2, 0) is 12.8 Å². The van der Waals surface area contributed by atoms with Crippen molar-refractivity contribution in [1.29, 1.82) is 0 Å². The Morgan fingerprint density at radius 3 is 2.90 bits per heavy atom. The van der Waals surface area contributed by atoms with Crippen LogP contribution in [0, 0.1) is 11.7 Å². The van der Waals surface area contributed by atoms with Gasteiger partial charge in [-0.25, -0.2) is 0 Å². The van der Waals surface area contributed by atoms with Gasteiger partial charge in [0, 0.05) is 23.0 Å². The molecule has 0 saturated heterocycles. The van der Waals surface area contributed by atoms with E-state index in [4.69, 9.17) is 17.2 Å². The summed E-state index contributed by atoms with van der Waals surface area (Å²) in [6.45, 7) is 6.42. The number of aryl methyl sites for hydroxylation is 3. The van der Waals surface area contributed by atoms with Gasteiger partial charge in [-0.3, -0.25) is 14.6 Å². The molecule has 1 atom stereocenters. The Bertz CT molecular complexity index is 714. The lowest BCUT2D eigenvalue weighted by molar-refractivity contribution is 0.528. The molecule has 0 bridgehead atoms. The average molecular weight is 302 g/mol. The van der Waals surface area contributed by atoms with E-state index in [0.29, 0.717) is 10.8 Å². The molecule has 0 radical (unpaired) electrons. The van der Waals surface area contributed by atoms with Crippen molar-refractivity contribution in [2.45, 2.75) is 58.9 Å². The number of hydrogen-bond donors (Lipinski definition) is 1. The maximum absolute atomic E-state index is 5.40. The predicted octanol–water partition coefficient (Wildman–Crippen LogP) is 4.16. The average Bonchev–Trinajstić information content (AvgIpc) is 2.87. The van der Waals surface area contributed by atoms with Crippen molar-refractivity contribution in [3.63, 3.8) is 0 Å². The van der Waals surface area contributed by atoms with E-state index in [9.17, 15) is 0 Å². The monoisotopic (exact) mass is 302 g/mol. The van der Waals surface area contributed by atoms with E-state index in [1.54, 1.807) is 0 Å². The van der Waals surface area contributed by atoms with Crippen LogP contribution >= 0.6 is 12.2 Å². The molecule has 3 rings (SSSR count). The van der Waals surface area contributed by atoms with Gasteiger partial charge in [0.2, 0.25) is 0 Å². The van der Waals surface area contributed by atoms with Crippen molar-refractivity contribution in [2.75, 3.05) is 0 Å². The molecule has 5 heteroatoms. The molecule has 4 nitrogen and oxygen atoms in total. The highest BCUT2D eigenvalue weighted by Gasteiger charge is 2.19. The second kappa shape index (κ2) is 5.72. The van der Waals surface area contributed by atoms with Gasteiger partial charge in [0.25, 0.3) is 0 Å². The summed E-state index contributed by atoms with van der Waals surface area (Å²) in [7, 11) is 0. The number of pyridine rings is 1. The van der Waals surface area contributed by atoms with Crippen molar-refractivity contribution in [3.05, 3.63) is 27.8 Å². The van der Waals surface area contributed by atoms with Crippen LogP contribution in [0.15, 0.2) is 6.07 Å². The van der Waals surface area contributed by atoms with E-state index in [1.807, 2.05) is 0 Å². The van der Waals surface area contributed by atoms with Crippen LogP contribution < -0.4 is 0 Å². The van der Waals surface area contributed by atoms with Crippen LogP contribution in [0.2, 0.25) is 0 Å². The topological polar surface area (TPSA) is 46.5 Å². The lowest BCUT2D eigenvalue weighted by Crippen LogP contribution is -2.10. The maximum Gasteiger partial charge on any atom is 0.195 e. The van der Waals surface area contributed by atoms with Gasteiger partial charge < -0.3 is 0 Å². The summed E-state index contributed by atoms with van der Waals surface area (Å²) >= 11 is 5.40. The van der Waals surface area contributed by atoms with Gasteiger partial charge in [-0.15, -0.1) is 0 Å². The summed E-state index contributed by atoms with van der Waals surface area (Å²) in [6.07, 6.45) is 5.77. The van der Waals surface area contributed by atoms with E-state index >= 15 is 0 Å². The van der Waals surface area contributed by atoms with E-state index in [2.05, 4.69) is 41.6 Å². The highest BCUT2D eigenvalue weighted by atomic mass is 32.1. The highest BCUT2D eigenvalue weighted by molar-refractivity contribution is 7.71. The van der Waals surface area contributed by atoms with Gasteiger partial charge in [0.05, 0.1) is 0 Å². The largest absolute Gasteiger partial charge is 0.297 e. The van der Waals surface area contributed by atoms with Crippen molar-refractivity contribution in [3.8, 4) is 11.4 Å². The van der Waals surface area contributed by atoms with Gasteiger partial charge in [0.1, 0.15) is 0 Å². The molecule has 112 valence electrons. The van der Waals surface area contributed by atoms with E-state index in [-0.39, 0.29) is 0 Å². The summed E-state index contributed by atoms with van der Waals surface area (Å²) in [5.41, 5.74) is 4.82. The van der Waals surface area contributed by atoms with E-state index < -0.39 is 0 Å². The second-order valence-electron chi connectivity index (χ2n) is 5.91. The lowest BCUT2D eigenvalue weighted by Gasteiger charge is -2.19. The second-order valence-corrected chi connectivity index (χ2v) is 6.30. The SMILES string of the molecule is CCC(C)n1c(-c2cc3c(nc2C)CCCC3)n[nH]c1=S. The number of nitrogens with one attached hydrogen (secondary N) is 1. The smallest absolute Gasteiger partial charge is 0.195 e. The standard InChI is InChI=1S/C16H22N4S/c1-4-10(2)20-15(18-19-16(20)21)13-9-12-7-5-6-8-14(12)17-11(13)3/h9-10H,4-8H2,1-3H3,(H,19,21). The Kier molecular flexibility index (Phi) is 3.93. The van der Waals surface area contributed by atoms with Gasteiger partial charge >= 0.3 is 0 Å². The predicted molar refractivity (Wildman–Crippen MR) is 87.0 cm³/mol. The first kappa shape index (κ1) is 14.4. The van der Waals surface area contributed by atoms with Crippen molar-refractivity contribution in [2.24, 2.45) is 0 Å². The van der Waals surface area contributed by atoms with Gasteiger partial charge in [-0.2, -0.15) is 5.10 Å². The Labute approximate surface area is 130 Å². The summed E-state index contributed by atoms with van der Waals surface area (Å²) in [5.74, 6) is 0.924. The third kappa shape index (κ3) is 2.55. The molecular formula is C16H22N4S. The molecule has 0 amide bonds. The number of hydrogen-bond acceptors (Lipinski definition) is 3. The number of aromatic amines is 1. The van der Waals surface area contributed by atoms with E-state index in [1.165, 1.54) is 24.1 Å². The molecule has 21 heavy (non-hydrogen) atoms. The third-order valence-electron chi connectivity index (χ3n) is 4.47. The molecule has 0 aliphatic heterocycles. The number of aromatic nitrogens is 4. The van der Waals surface area contributed by atoms with Crippen LogP contribution in [0.5, 0.6) is 0 Å². The van der Waals surface area contributed by atoms with Crippen molar-refractivity contribution >= 4 is 12.2 Å². The number of rotatable bonds is 3. The maximum atomic E-state index is 5.40. The molecule has 1 aliphatic rings. The molecule has 0 aromatic carbocycles. The minimum absolute atomic E-state index is 0.335. The number of fused-ring (bicyclic) bond motifs is 1. The summed E-state index contributed by atoms with van der Waals surface area (Å²) in [4.78, 5) is 4.82. The minimum atomic E-state index is 0.335. The Balaban J connectivity index is 2.15. The van der Waals surface area contributed by atoms with Crippen LogP contribution in [0.3, 0.4) is 0 Å². The zero-order valence-corrected chi connectivity index (χ0v) is 13.8. The number of H-pyrrole nitrogens is 1. The van der Waals surface area contributed by atoms with Crippen molar-refractivity contribution < 1.29 is 0 Å². The van der Waals surface area contributed by atoms with Crippen LogP contribution in [0.4, 0.5) is 0 Å². The fourth-order valence-electron chi connectivity index (χ4n) is 3.05. The molecule has 2 aromatic rings. The van der Waals surface area contributed by atoms with Gasteiger partial charge in [-0.1, -0.05) is 6.92 Å². The molecule has 1 N–H and O–H groups in total. The summed E-state index contributed by atoms with van der Waals surface area (Å²) in [5, 5.41) is 7.42. The number of nitrogens with zero attached hydrogens (tertiary/aromatic N) is 3. The molecule has 1 aliphatic carbocycles. The molecule has 0 spiro atoms. The Morgan fingerprint density at radius 1 is 1.38 bits per heavy atom. The van der Waals surface area contributed by atoms with Crippen molar-refractivity contribution in [1.82, 2.24) is 19.7 Å². The normalized spacial score (nSPS) is 15.8. The zero-order chi connectivity index (χ0) is 15.0. The lowest BCUT2D eigenvalue weighted by atomic mass is 9.94. The molecule has 0 saturated carbocycles. The molecule has 2 heterocycles. The Morgan fingerprint density at radius 2 is 2.14 bits per heavy atom. The Hall–Kier alpha value is -1.49. The molecular weight excluding hydrogens is 280 g/mol. The van der Waals surface area contributed by atoms with E-state index in [0.717, 1.165) is 36.3 Å². The zero-order valence-electron chi connectivity index (χ0n) is 12.9. The first-order chi connectivity index (χ1) is 10.1. The third-order valence-corrected chi connectivity index (χ3v) is 4.76. The van der Waals surface area contributed by atoms with Crippen LogP contribution in [0.25, 0.3) is 11.4 Å². The molecule has 1 unspecified atom stereocenters.